The number of nitrogens with zero attached hydrogens (tertiary/aromatic N) is 2. The largest absolute Gasteiger partial charge is 0.711 e. The molecular formula is C4H5ClN2O2. The molecule has 0 fully saturated rings. The standard InChI is InChI=1S/C4H5ClN2O2/c5-3-4-6(8)1-2-7(4)9/h1-2,8H,3H2. The zero-order valence-electron chi connectivity index (χ0n) is 4.49. The summed E-state index contributed by atoms with van der Waals surface area (Å²) in [5, 5.41) is 19.3. The maximum atomic E-state index is 10.5. The van der Waals surface area contributed by atoms with Crippen molar-refractivity contribution in [1.82, 2.24) is 4.73 Å². The van der Waals surface area contributed by atoms with Gasteiger partial charge in [0.25, 0.3) is 0 Å². The highest BCUT2D eigenvalue weighted by Crippen LogP contribution is 1.94. The second kappa shape index (κ2) is 2.14. The van der Waals surface area contributed by atoms with Crippen LogP contribution in [0.4, 0.5) is 0 Å². The van der Waals surface area contributed by atoms with E-state index >= 15 is 0 Å². The first-order chi connectivity index (χ1) is 4.25. The Kier molecular flexibility index (Phi) is 1.48. The van der Waals surface area contributed by atoms with Gasteiger partial charge in [0, 0.05) is 0 Å². The second-order valence-electron chi connectivity index (χ2n) is 1.52. The van der Waals surface area contributed by atoms with E-state index in [1.807, 2.05) is 0 Å². The Hall–Kier alpha value is -0.900. The van der Waals surface area contributed by atoms with Crippen LogP contribution in [0.15, 0.2) is 12.4 Å². The lowest BCUT2D eigenvalue weighted by atomic mass is 10.7. The lowest BCUT2D eigenvalue weighted by Crippen LogP contribution is -2.29. The van der Waals surface area contributed by atoms with Crippen molar-refractivity contribution < 1.29 is 9.94 Å². The minimum Gasteiger partial charge on any atom is -0.711 e. The molecule has 0 amide bonds. The molecule has 4 nitrogen and oxygen atoms in total. The molecule has 1 aromatic heterocycles. The number of imidazole rings is 1. The van der Waals surface area contributed by atoms with E-state index in [1.54, 1.807) is 0 Å². The van der Waals surface area contributed by atoms with E-state index in [4.69, 9.17) is 16.8 Å². The molecule has 1 N–H and O–H groups in total. The summed E-state index contributed by atoms with van der Waals surface area (Å²) in [5.74, 6) is 0.129. The van der Waals surface area contributed by atoms with Crippen LogP contribution in [0.5, 0.6) is 0 Å². The Labute approximate surface area is 56.4 Å². The number of halogens is 1. The summed E-state index contributed by atoms with van der Waals surface area (Å²) in [6.07, 6.45) is 2.41. The fourth-order valence-corrected chi connectivity index (χ4v) is 0.757. The topological polar surface area (TPSA) is 52.1 Å². The van der Waals surface area contributed by atoms with Gasteiger partial charge in [0.15, 0.2) is 6.20 Å². The Morgan fingerprint density at radius 2 is 2.56 bits per heavy atom. The first-order valence-corrected chi connectivity index (χ1v) is 2.83. The molecule has 9 heavy (non-hydrogen) atoms. The van der Waals surface area contributed by atoms with Gasteiger partial charge in [-0.1, -0.05) is 4.73 Å². The maximum Gasteiger partial charge on any atom is 0.314 e. The molecule has 0 saturated heterocycles. The van der Waals surface area contributed by atoms with Crippen molar-refractivity contribution in [1.29, 1.82) is 0 Å². The molecule has 50 valence electrons. The molecule has 5 heteroatoms. The zero-order valence-corrected chi connectivity index (χ0v) is 5.25. The summed E-state index contributed by atoms with van der Waals surface area (Å²) in [6, 6.07) is 0. The van der Waals surface area contributed by atoms with Gasteiger partial charge in [0.05, 0.1) is 0 Å². The Morgan fingerprint density at radius 3 is 2.78 bits per heavy atom. The van der Waals surface area contributed by atoms with E-state index in [2.05, 4.69) is 0 Å². The average molecular weight is 149 g/mol. The van der Waals surface area contributed by atoms with E-state index in [0.717, 1.165) is 0 Å². The molecule has 0 bridgehead atoms. The van der Waals surface area contributed by atoms with Crippen molar-refractivity contribution in [3.05, 3.63) is 23.4 Å². The third-order valence-corrected chi connectivity index (χ3v) is 1.22. The van der Waals surface area contributed by atoms with Crippen LogP contribution in [-0.4, -0.2) is 9.94 Å². The lowest BCUT2D eigenvalue weighted by Gasteiger charge is -1.96. The van der Waals surface area contributed by atoms with Gasteiger partial charge in [-0.25, -0.2) is 4.73 Å². The van der Waals surface area contributed by atoms with Gasteiger partial charge in [-0.05, 0) is 0 Å². The number of aromatic nitrogens is 2. The van der Waals surface area contributed by atoms with Gasteiger partial charge in [-0.15, -0.1) is 11.6 Å². The van der Waals surface area contributed by atoms with Gasteiger partial charge in [-0.2, -0.15) is 0 Å². The minimum absolute atomic E-state index is 0.00694. The number of alkyl halides is 1. The molecule has 0 aromatic carbocycles. The van der Waals surface area contributed by atoms with Crippen LogP contribution in [0.25, 0.3) is 0 Å². The van der Waals surface area contributed by atoms with Crippen molar-refractivity contribution in [3.8, 4) is 0 Å². The molecule has 0 saturated carbocycles. The third-order valence-electron chi connectivity index (χ3n) is 0.982. The fraction of sp³-hybridized carbons (Fsp3) is 0.250. The highest BCUT2D eigenvalue weighted by atomic mass is 35.5. The van der Waals surface area contributed by atoms with Crippen LogP contribution >= 0.6 is 11.6 Å². The van der Waals surface area contributed by atoms with Gasteiger partial charge in [-0.3, -0.25) is 0 Å². The number of hydrogen-bond acceptors (Lipinski definition) is 2. The first-order valence-electron chi connectivity index (χ1n) is 2.30. The van der Waals surface area contributed by atoms with Crippen LogP contribution in [0.1, 0.15) is 5.82 Å². The van der Waals surface area contributed by atoms with Gasteiger partial charge in [0.2, 0.25) is 0 Å². The third kappa shape index (κ3) is 0.929. The second-order valence-corrected chi connectivity index (χ2v) is 1.79. The van der Waals surface area contributed by atoms with Crippen LogP contribution in [-0.2, 0) is 5.88 Å². The number of hydrogen-bond donors (Lipinski definition) is 1. The van der Waals surface area contributed by atoms with Crippen LogP contribution in [0.2, 0.25) is 0 Å². The van der Waals surface area contributed by atoms with Crippen LogP contribution < -0.4 is 4.73 Å². The highest BCUT2D eigenvalue weighted by molar-refractivity contribution is 6.16. The van der Waals surface area contributed by atoms with Gasteiger partial charge < -0.3 is 10.4 Å². The maximum absolute atomic E-state index is 10.5. The van der Waals surface area contributed by atoms with Crippen molar-refractivity contribution in [3.63, 3.8) is 0 Å². The summed E-state index contributed by atoms with van der Waals surface area (Å²) in [5.41, 5.74) is 0. The van der Waals surface area contributed by atoms with Crippen molar-refractivity contribution in [2.24, 2.45) is 0 Å². The minimum atomic E-state index is 0.00694. The van der Waals surface area contributed by atoms with E-state index in [0.29, 0.717) is 9.46 Å². The van der Waals surface area contributed by atoms with Gasteiger partial charge in [0.1, 0.15) is 12.1 Å². The van der Waals surface area contributed by atoms with Crippen LogP contribution in [0.3, 0.4) is 0 Å². The predicted molar refractivity (Wildman–Crippen MR) is 30.1 cm³/mol. The van der Waals surface area contributed by atoms with E-state index < -0.39 is 0 Å². The van der Waals surface area contributed by atoms with Gasteiger partial charge >= 0.3 is 5.82 Å². The van der Waals surface area contributed by atoms with Crippen molar-refractivity contribution in [2.75, 3.05) is 0 Å². The molecule has 0 aliphatic rings. The summed E-state index contributed by atoms with van der Waals surface area (Å²) in [4.78, 5) is 0. The fourth-order valence-electron chi connectivity index (χ4n) is 0.517. The van der Waals surface area contributed by atoms with Crippen LogP contribution in [0, 0.1) is 5.21 Å². The Morgan fingerprint density at radius 1 is 1.89 bits per heavy atom. The smallest absolute Gasteiger partial charge is 0.314 e. The van der Waals surface area contributed by atoms with Crippen molar-refractivity contribution in [2.45, 2.75) is 5.88 Å². The number of rotatable bonds is 1. The van der Waals surface area contributed by atoms with E-state index in [9.17, 15) is 5.21 Å². The summed E-state index contributed by atoms with van der Waals surface area (Å²) >= 11 is 5.28. The van der Waals surface area contributed by atoms with Crippen molar-refractivity contribution >= 4 is 11.6 Å². The van der Waals surface area contributed by atoms with E-state index in [1.165, 1.54) is 12.4 Å². The molecule has 0 radical (unpaired) electrons. The summed E-state index contributed by atoms with van der Waals surface area (Å²) < 4.78 is 1.20. The zero-order chi connectivity index (χ0) is 6.85. The quantitative estimate of drug-likeness (QED) is 0.266. The molecular weight excluding hydrogens is 144 g/mol. The molecule has 0 atom stereocenters. The average Bonchev–Trinajstić information content (AvgIpc) is 2.12. The normalized spacial score (nSPS) is 9.89. The lowest BCUT2D eigenvalue weighted by molar-refractivity contribution is -0.614. The molecule has 0 aliphatic heterocycles. The predicted octanol–water partition coefficient (Wildman–Crippen LogP) is 0.0976. The molecule has 0 unspecified atom stereocenters. The SMILES string of the molecule is [O-][n+]1ccn(O)c1CCl. The molecule has 0 spiro atoms. The Balaban J connectivity index is 3.07. The highest BCUT2D eigenvalue weighted by Gasteiger charge is 2.08. The molecule has 1 rings (SSSR count). The Bertz CT molecular complexity index is 191. The molecule has 0 aliphatic carbocycles. The molecule has 1 aromatic rings. The van der Waals surface area contributed by atoms with E-state index in [-0.39, 0.29) is 11.7 Å². The first kappa shape index (κ1) is 6.22. The monoisotopic (exact) mass is 148 g/mol. The summed E-state index contributed by atoms with van der Waals surface area (Å²) in [7, 11) is 0. The molecule has 1 heterocycles. The summed E-state index contributed by atoms with van der Waals surface area (Å²) in [6.45, 7) is 0.